The fourth-order valence-corrected chi connectivity index (χ4v) is 3.40. The molecule has 0 aliphatic rings. The first-order valence-corrected chi connectivity index (χ1v) is 8.68. The number of carboxylic acid groups (broad SMARTS) is 1. The van der Waals surface area contributed by atoms with Crippen molar-refractivity contribution in [2.24, 2.45) is 0 Å². The minimum atomic E-state index is -1.08. The number of likely N-dealkylation sites (N-methyl/N-ethyl adjacent to an activating group) is 1. The van der Waals surface area contributed by atoms with E-state index in [1.54, 1.807) is 26.8 Å². The quantitative estimate of drug-likeness (QED) is 0.866. The Hall–Kier alpha value is -1.79. The van der Waals surface area contributed by atoms with E-state index in [2.05, 4.69) is 0 Å². The number of rotatable bonds is 4. The summed E-state index contributed by atoms with van der Waals surface area (Å²) >= 11 is 7.56. The fourth-order valence-electron chi connectivity index (χ4n) is 2.27. The van der Waals surface area contributed by atoms with Crippen LogP contribution in [0.15, 0.2) is 23.6 Å². The summed E-state index contributed by atoms with van der Waals surface area (Å²) < 4.78 is 6.29. The summed E-state index contributed by atoms with van der Waals surface area (Å²) in [5.41, 5.74) is 0.164. The Morgan fingerprint density at radius 2 is 2.04 bits per heavy atom. The molecule has 1 aromatic heterocycles. The highest BCUT2D eigenvalue weighted by atomic mass is 35.5. The summed E-state index contributed by atoms with van der Waals surface area (Å²) in [7, 11) is 1.44. The van der Waals surface area contributed by atoms with Crippen molar-refractivity contribution in [3.63, 3.8) is 0 Å². The van der Waals surface area contributed by atoms with Gasteiger partial charge in [-0.1, -0.05) is 11.6 Å². The molecule has 1 N–H and O–H groups in total. The Morgan fingerprint density at radius 3 is 2.62 bits per heavy atom. The number of thiophene rings is 1. The van der Waals surface area contributed by atoms with Crippen LogP contribution in [0.2, 0.25) is 5.02 Å². The van der Waals surface area contributed by atoms with Crippen LogP contribution >= 0.6 is 22.9 Å². The lowest BCUT2D eigenvalue weighted by Crippen LogP contribution is -2.46. The molecule has 0 saturated carbocycles. The van der Waals surface area contributed by atoms with Crippen molar-refractivity contribution in [2.45, 2.75) is 38.8 Å². The van der Waals surface area contributed by atoms with E-state index in [0.717, 1.165) is 20.5 Å². The standard InChI is InChI=1S/C17H20ClNO4S/c1-17(2,3)23-16(22)19(4)13(15(20)21)7-10-9-24-14-6-5-11(18)8-12(10)14/h5-6,8-9,13H,7H2,1-4H3,(H,20,21)/t13-/m0/s1. The zero-order valence-corrected chi connectivity index (χ0v) is 15.6. The molecule has 5 nitrogen and oxygen atoms in total. The highest BCUT2D eigenvalue weighted by Crippen LogP contribution is 2.30. The maximum Gasteiger partial charge on any atom is 0.410 e. The lowest BCUT2D eigenvalue weighted by molar-refractivity contribution is -0.142. The third-order valence-corrected chi connectivity index (χ3v) is 4.71. The molecule has 0 bridgehead atoms. The molecular weight excluding hydrogens is 350 g/mol. The summed E-state index contributed by atoms with van der Waals surface area (Å²) in [5.74, 6) is -1.08. The van der Waals surface area contributed by atoms with Gasteiger partial charge in [-0.15, -0.1) is 11.3 Å². The number of hydrogen-bond acceptors (Lipinski definition) is 4. The Kier molecular flexibility index (Phi) is 5.40. The van der Waals surface area contributed by atoms with Crippen LogP contribution in [0.3, 0.4) is 0 Å². The number of aliphatic carboxylic acids is 1. The van der Waals surface area contributed by atoms with E-state index in [9.17, 15) is 14.7 Å². The maximum atomic E-state index is 12.2. The van der Waals surface area contributed by atoms with Crippen molar-refractivity contribution in [1.29, 1.82) is 0 Å². The van der Waals surface area contributed by atoms with Gasteiger partial charge in [0.1, 0.15) is 11.6 Å². The first-order valence-electron chi connectivity index (χ1n) is 7.43. The fraction of sp³-hybridized carbons (Fsp3) is 0.412. The number of amides is 1. The number of fused-ring (bicyclic) bond motifs is 1. The van der Waals surface area contributed by atoms with E-state index in [0.29, 0.717) is 5.02 Å². The molecule has 2 aromatic rings. The monoisotopic (exact) mass is 369 g/mol. The molecule has 1 heterocycles. The van der Waals surface area contributed by atoms with Crippen molar-refractivity contribution >= 4 is 45.1 Å². The molecule has 1 aromatic carbocycles. The molecule has 0 aliphatic heterocycles. The number of nitrogens with zero attached hydrogens (tertiary/aromatic N) is 1. The Labute approximate surface area is 149 Å². The highest BCUT2D eigenvalue weighted by Gasteiger charge is 2.30. The molecule has 24 heavy (non-hydrogen) atoms. The van der Waals surface area contributed by atoms with E-state index in [1.165, 1.54) is 18.4 Å². The number of carbonyl (C=O) groups excluding carboxylic acids is 1. The van der Waals surface area contributed by atoms with E-state index >= 15 is 0 Å². The van der Waals surface area contributed by atoms with Crippen LogP contribution in [0.4, 0.5) is 4.79 Å². The molecule has 7 heteroatoms. The van der Waals surface area contributed by atoms with Crippen molar-refractivity contribution in [2.75, 3.05) is 7.05 Å². The van der Waals surface area contributed by atoms with E-state index in [4.69, 9.17) is 16.3 Å². The lowest BCUT2D eigenvalue weighted by atomic mass is 10.0. The molecule has 1 amide bonds. The van der Waals surface area contributed by atoms with Gasteiger partial charge < -0.3 is 9.84 Å². The largest absolute Gasteiger partial charge is 0.480 e. The minimum Gasteiger partial charge on any atom is -0.480 e. The predicted molar refractivity (Wildman–Crippen MR) is 96.0 cm³/mol. The number of hydrogen-bond donors (Lipinski definition) is 1. The molecule has 0 unspecified atom stereocenters. The maximum absolute atomic E-state index is 12.2. The van der Waals surface area contributed by atoms with Crippen LogP contribution < -0.4 is 0 Å². The van der Waals surface area contributed by atoms with Crippen LogP contribution in [0.25, 0.3) is 10.1 Å². The summed E-state index contributed by atoms with van der Waals surface area (Å²) in [6.07, 6.45) is -0.474. The van der Waals surface area contributed by atoms with Gasteiger partial charge in [0.2, 0.25) is 0 Å². The van der Waals surface area contributed by atoms with Crippen LogP contribution in [0, 0.1) is 0 Å². The lowest BCUT2D eigenvalue weighted by Gasteiger charge is -2.28. The van der Waals surface area contributed by atoms with Crippen molar-refractivity contribution in [1.82, 2.24) is 4.90 Å². The zero-order valence-electron chi connectivity index (χ0n) is 14.0. The van der Waals surface area contributed by atoms with Crippen molar-refractivity contribution in [3.05, 3.63) is 34.2 Å². The highest BCUT2D eigenvalue weighted by molar-refractivity contribution is 7.17. The molecule has 0 spiro atoms. The average molecular weight is 370 g/mol. The Balaban J connectivity index is 2.26. The summed E-state index contributed by atoms with van der Waals surface area (Å²) in [4.78, 5) is 25.0. The second-order valence-corrected chi connectivity index (χ2v) is 7.90. The number of benzene rings is 1. The second-order valence-electron chi connectivity index (χ2n) is 6.55. The van der Waals surface area contributed by atoms with E-state index < -0.39 is 23.7 Å². The molecule has 0 fully saturated rings. The van der Waals surface area contributed by atoms with Gasteiger partial charge in [-0.3, -0.25) is 4.90 Å². The predicted octanol–water partition coefficient (Wildman–Crippen LogP) is 4.42. The molecule has 0 saturated heterocycles. The van der Waals surface area contributed by atoms with Gasteiger partial charge in [-0.05, 0) is 55.3 Å². The normalized spacial score (nSPS) is 12.9. The summed E-state index contributed by atoms with van der Waals surface area (Å²) in [6.45, 7) is 5.22. The Bertz CT molecular complexity index is 766. The van der Waals surface area contributed by atoms with E-state index in [-0.39, 0.29) is 6.42 Å². The molecule has 0 radical (unpaired) electrons. The Morgan fingerprint density at radius 1 is 1.38 bits per heavy atom. The van der Waals surface area contributed by atoms with Crippen LogP contribution in [0.1, 0.15) is 26.3 Å². The topological polar surface area (TPSA) is 66.8 Å². The van der Waals surface area contributed by atoms with Gasteiger partial charge >= 0.3 is 12.1 Å². The van der Waals surface area contributed by atoms with Crippen LogP contribution in [0.5, 0.6) is 0 Å². The van der Waals surface area contributed by atoms with Gasteiger partial charge in [-0.2, -0.15) is 0 Å². The second kappa shape index (κ2) is 6.99. The molecule has 0 aliphatic carbocycles. The summed E-state index contributed by atoms with van der Waals surface area (Å²) in [5, 5.41) is 13.0. The van der Waals surface area contributed by atoms with Gasteiger partial charge in [0, 0.05) is 23.2 Å². The van der Waals surface area contributed by atoms with Crippen molar-refractivity contribution < 1.29 is 19.4 Å². The van der Waals surface area contributed by atoms with E-state index in [1.807, 2.05) is 17.5 Å². The molecular formula is C17H20ClNO4S. The van der Waals surface area contributed by atoms with Gasteiger partial charge in [0.25, 0.3) is 0 Å². The zero-order chi connectivity index (χ0) is 18.1. The van der Waals surface area contributed by atoms with Gasteiger partial charge in [0.05, 0.1) is 0 Å². The SMILES string of the molecule is CN(C(=O)OC(C)(C)C)[C@@H](Cc1csc2ccc(Cl)cc12)C(=O)O. The number of carboxylic acids is 1. The molecule has 130 valence electrons. The minimum absolute atomic E-state index is 0.186. The van der Waals surface area contributed by atoms with Crippen molar-refractivity contribution in [3.8, 4) is 0 Å². The third kappa shape index (κ3) is 4.39. The summed E-state index contributed by atoms with van der Waals surface area (Å²) in [6, 6.07) is 4.50. The number of halogens is 1. The van der Waals surface area contributed by atoms with Gasteiger partial charge in [0.15, 0.2) is 0 Å². The number of carbonyl (C=O) groups is 2. The number of ether oxygens (including phenoxy) is 1. The third-order valence-electron chi connectivity index (χ3n) is 3.46. The average Bonchev–Trinajstić information content (AvgIpc) is 2.84. The smallest absolute Gasteiger partial charge is 0.410 e. The molecule has 2 rings (SSSR count). The van der Waals surface area contributed by atoms with Crippen LogP contribution in [-0.2, 0) is 16.0 Å². The van der Waals surface area contributed by atoms with Crippen LogP contribution in [-0.4, -0.2) is 40.8 Å². The molecule has 1 atom stereocenters. The van der Waals surface area contributed by atoms with Gasteiger partial charge in [-0.25, -0.2) is 9.59 Å². The first-order chi connectivity index (χ1) is 11.1. The first kappa shape index (κ1) is 18.5.